The molecule has 1 aliphatic carbocycles. The smallest absolute Gasteiger partial charge is 0.345 e. The molecule has 1 aromatic rings. The van der Waals surface area contributed by atoms with Crippen molar-refractivity contribution in [2.75, 3.05) is 7.11 Å². The van der Waals surface area contributed by atoms with Crippen molar-refractivity contribution in [2.45, 2.75) is 13.8 Å². The number of carbonyl (C=O) groups is 2. The third-order valence-electron chi connectivity index (χ3n) is 3.58. The van der Waals surface area contributed by atoms with Gasteiger partial charge in [0.2, 0.25) is 0 Å². The molecule has 0 saturated heterocycles. The number of fused-ring (bicyclic) bond motifs is 1. The molecule has 0 saturated carbocycles. The molecule has 0 radical (unpaired) electrons. The standard InChI is InChI=1S/C17H14O4/c1-9-4-5-14-11(6-9)16(17(19)21-14)12-7-10(2)13(18)8-15(12)20-3/h4-8H,1-3H3/b16-12-. The summed E-state index contributed by atoms with van der Waals surface area (Å²) in [6.45, 7) is 3.66. The van der Waals surface area contributed by atoms with Gasteiger partial charge in [-0.2, -0.15) is 0 Å². The summed E-state index contributed by atoms with van der Waals surface area (Å²) in [6.07, 6.45) is 3.08. The van der Waals surface area contributed by atoms with E-state index < -0.39 is 5.97 Å². The first-order valence-corrected chi connectivity index (χ1v) is 6.57. The Morgan fingerprint density at radius 3 is 2.57 bits per heavy atom. The van der Waals surface area contributed by atoms with Crippen LogP contribution in [-0.4, -0.2) is 18.9 Å². The van der Waals surface area contributed by atoms with E-state index in [1.165, 1.54) is 13.2 Å². The first-order chi connectivity index (χ1) is 10.0. The van der Waals surface area contributed by atoms with E-state index in [0.717, 1.165) is 11.1 Å². The molecule has 0 N–H and O–H groups in total. The lowest BCUT2D eigenvalue weighted by Crippen LogP contribution is -2.11. The quantitative estimate of drug-likeness (QED) is 0.451. The van der Waals surface area contributed by atoms with Crippen molar-refractivity contribution in [3.63, 3.8) is 0 Å². The second-order valence-electron chi connectivity index (χ2n) is 5.08. The first-order valence-electron chi connectivity index (χ1n) is 6.57. The molecule has 1 heterocycles. The van der Waals surface area contributed by atoms with Crippen molar-refractivity contribution in [3.8, 4) is 5.75 Å². The van der Waals surface area contributed by atoms with Gasteiger partial charge in [-0.15, -0.1) is 0 Å². The van der Waals surface area contributed by atoms with E-state index in [2.05, 4.69) is 0 Å². The van der Waals surface area contributed by atoms with Gasteiger partial charge in [0.05, 0.1) is 12.7 Å². The van der Waals surface area contributed by atoms with Crippen LogP contribution in [0.5, 0.6) is 5.75 Å². The Morgan fingerprint density at radius 1 is 1.10 bits per heavy atom. The highest BCUT2D eigenvalue weighted by atomic mass is 16.5. The van der Waals surface area contributed by atoms with Crippen LogP contribution in [0.4, 0.5) is 0 Å². The van der Waals surface area contributed by atoms with Gasteiger partial charge in [0.15, 0.2) is 5.78 Å². The number of esters is 1. The summed E-state index contributed by atoms with van der Waals surface area (Å²) >= 11 is 0. The third-order valence-corrected chi connectivity index (χ3v) is 3.58. The van der Waals surface area contributed by atoms with E-state index in [1.807, 2.05) is 19.1 Å². The molecule has 0 amide bonds. The summed E-state index contributed by atoms with van der Waals surface area (Å²) in [5.74, 6) is 0.373. The van der Waals surface area contributed by atoms with Gasteiger partial charge < -0.3 is 9.47 Å². The number of aryl methyl sites for hydroxylation is 1. The monoisotopic (exact) mass is 282 g/mol. The lowest BCUT2D eigenvalue weighted by Gasteiger charge is -2.14. The van der Waals surface area contributed by atoms with Gasteiger partial charge in [-0.25, -0.2) is 4.79 Å². The molecule has 1 aliphatic heterocycles. The largest absolute Gasteiger partial charge is 0.496 e. The third kappa shape index (κ3) is 2.09. The first kappa shape index (κ1) is 13.4. The maximum atomic E-state index is 12.2. The molecule has 0 spiro atoms. The maximum absolute atomic E-state index is 12.2. The van der Waals surface area contributed by atoms with Crippen molar-refractivity contribution in [3.05, 3.63) is 58.4 Å². The molecule has 0 unspecified atom stereocenters. The van der Waals surface area contributed by atoms with Gasteiger partial charge in [0.25, 0.3) is 0 Å². The molecular formula is C17H14O4. The number of ketones is 1. The lowest BCUT2D eigenvalue weighted by molar-refractivity contribution is -0.127. The minimum Gasteiger partial charge on any atom is -0.496 e. The summed E-state index contributed by atoms with van der Waals surface area (Å²) in [4.78, 5) is 24.0. The zero-order chi connectivity index (χ0) is 15.1. The number of ether oxygens (including phenoxy) is 2. The molecule has 3 rings (SSSR count). The molecular weight excluding hydrogens is 268 g/mol. The topological polar surface area (TPSA) is 52.6 Å². The molecule has 21 heavy (non-hydrogen) atoms. The summed E-state index contributed by atoms with van der Waals surface area (Å²) in [7, 11) is 1.48. The second-order valence-corrected chi connectivity index (χ2v) is 5.08. The van der Waals surface area contributed by atoms with Gasteiger partial charge in [0.1, 0.15) is 11.5 Å². The Kier molecular flexibility index (Phi) is 3.01. The molecule has 106 valence electrons. The van der Waals surface area contributed by atoms with Crippen molar-refractivity contribution < 1.29 is 19.1 Å². The van der Waals surface area contributed by atoms with Gasteiger partial charge in [-0.05, 0) is 37.6 Å². The molecule has 0 bridgehead atoms. The number of allylic oxidation sites excluding steroid dienone is 3. The van der Waals surface area contributed by atoms with Crippen molar-refractivity contribution >= 4 is 17.3 Å². The van der Waals surface area contributed by atoms with E-state index in [1.54, 1.807) is 19.1 Å². The molecule has 1 aromatic carbocycles. The minimum absolute atomic E-state index is 0.118. The maximum Gasteiger partial charge on any atom is 0.345 e. The van der Waals surface area contributed by atoms with Gasteiger partial charge in [0, 0.05) is 17.2 Å². The molecule has 4 nitrogen and oxygen atoms in total. The molecule has 4 heteroatoms. The van der Waals surface area contributed by atoms with Crippen LogP contribution < -0.4 is 4.74 Å². The van der Waals surface area contributed by atoms with Crippen LogP contribution in [0.2, 0.25) is 0 Å². The minimum atomic E-state index is -0.424. The predicted molar refractivity (Wildman–Crippen MR) is 77.6 cm³/mol. The Morgan fingerprint density at radius 2 is 1.86 bits per heavy atom. The van der Waals surface area contributed by atoms with E-state index in [-0.39, 0.29) is 5.78 Å². The Hall–Kier alpha value is -2.62. The van der Waals surface area contributed by atoms with Gasteiger partial charge >= 0.3 is 5.97 Å². The average Bonchev–Trinajstić information content (AvgIpc) is 2.76. The summed E-state index contributed by atoms with van der Waals surface area (Å²) in [5.41, 5.74) is 3.35. The van der Waals surface area contributed by atoms with E-state index in [0.29, 0.717) is 28.2 Å². The van der Waals surface area contributed by atoms with E-state index in [4.69, 9.17) is 9.47 Å². The van der Waals surface area contributed by atoms with Crippen molar-refractivity contribution in [1.82, 2.24) is 0 Å². The number of hydrogen-bond acceptors (Lipinski definition) is 4. The SMILES string of the molecule is COC1=CC(=O)C(C)=C/C1=C1/C(=O)Oc2ccc(C)cc21. The fraction of sp³-hybridized carbons (Fsp3) is 0.176. The number of benzene rings is 1. The molecule has 0 atom stereocenters. The van der Waals surface area contributed by atoms with Crippen LogP contribution in [0, 0.1) is 6.92 Å². The number of carbonyl (C=O) groups excluding carboxylic acids is 2. The predicted octanol–water partition coefficient (Wildman–Crippen LogP) is 2.73. The van der Waals surface area contributed by atoms with Crippen LogP contribution in [-0.2, 0) is 14.3 Å². The Bertz CT molecular complexity index is 763. The number of rotatable bonds is 1. The molecule has 0 fully saturated rings. The van der Waals surface area contributed by atoms with E-state index in [9.17, 15) is 9.59 Å². The zero-order valence-corrected chi connectivity index (χ0v) is 12.0. The second kappa shape index (κ2) is 4.74. The van der Waals surface area contributed by atoms with Crippen LogP contribution in [0.1, 0.15) is 18.1 Å². The molecule has 2 aliphatic rings. The summed E-state index contributed by atoms with van der Waals surface area (Å²) in [5, 5.41) is 0. The Balaban J connectivity index is 2.27. The van der Waals surface area contributed by atoms with Crippen molar-refractivity contribution in [1.29, 1.82) is 0 Å². The lowest BCUT2D eigenvalue weighted by atomic mass is 9.92. The summed E-state index contributed by atoms with van der Waals surface area (Å²) < 4.78 is 10.5. The van der Waals surface area contributed by atoms with E-state index >= 15 is 0 Å². The fourth-order valence-electron chi connectivity index (χ4n) is 2.48. The zero-order valence-electron chi connectivity index (χ0n) is 12.0. The highest BCUT2D eigenvalue weighted by Gasteiger charge is 2.32. The van der Waals surface area contributed by atoms with Crippen LogP contribution >= 0.6 is 0 Å². The van der Waals surface area contributed by atoms with Crippen LogP contribution in [0.3, 0.4) is 0 Å². The Labute approximate surface area is 122 Å². The fourth-order valence-corrected chi connectivity index (χ4v) is 2.48. The normalized spacial score (nSPS) is 20.7. The molecule has 0 aromatic heterocycles. The van der Waals surface area contributed by atoms with Crippen molar-refractivity contribution in [2.24, 2.45) is 0 Å². The highest BCUT2D eigenvalue weighted by molar-refractivity contribution is 6.24. The number of hydrogen-bond donors (Lipinski definition) is 0. The van der Waals surface area contributed by atoms with Crippen LogP contribution in [0.15, 0.2) is 47.3 Å². The van der Waals surface area contributed by atoms with Crippen LogP contribution in [0.25, 0.3) is 5.57 Å². The highest BCUT2D eigenvalue weighted by Crippen LogP contribution is 2.40. The van der Waals surface area contributed by atoms with Gasteiger partial charge in [-0.3, -0.25) is 4.79 Å². The van der Waals surface area contributed by atoms with Gasteiger partial charge in [-0.1, -0.05) is 11.6 Å². The average molecular weight is 282 g/mol. The summed E-state index contributed by atoms with van der Waals surface area (Å²) in [6, 6.07) is 5.56. The number of methoxy groups -OCH3 is 1.